The number of alkyl halides is 3. The summed E-state index contributed by atoms with van der Waals surface area (Å²) in [6.45, 7) is -0.843. The number of aliphatic imine (C=N–C) groups is 1. The first-order chi connectivity index (χ1) is 18.5. The summed E-state index contributed by atoms with van der Waals surface area (Å²) in [5, 5.41) is 35.1. The second-order valence-electron chi connectivity index (χ2n) is 8.91. The molecule has 1 aromatic heterocycles. The van der Waals surface area contributed by atoms with Gasteiger partial charge in [-0.2, -0.15) is 13.2 Å². The molecule has 1 aliphatic rings. The number of rotatable bonds is 11. The van der Waals surface area contributed by atoms with Crippen LogP contribution in [0.15, 0.2) is 53.7 Å². The molecule has 0 radical (unpaired) electrons. The first kappa shape index (κ1) is 38.0. The molecular formula is C27H36F3FeN4O6+3. The third kappa shape index (κ3) is 12.6. The molecule has 10 nitrogen and oxygen atoms in total. The van der Waals surface area contributed by atoms with Gasteiger partial charge in [0, 0.05) is 24.8 Å². The summed E-state index contributed by atoms with van der Waals surface area (Å²) in [4.78, 5) is 34.7. The van der Waals surface area contributed by atoms with Crippen LogP contribution >= 0.6 is 0 Å². The molecule has 2 atom stereocenters. The number of pyridine rings is 1. The number of aliphatic carboxylic acids is 2. The minimum absolute atomic E-state index is 0. The van der Waals surface area contributed by atoms with Crippen LogP contribution in [-0.2, 0) is 39.4 Å². The van der Waals surface area contributed by atoms with Crippen LogP contribution in [0.3, 0.4) is 0 Å². The molecular weight excluding hydrogens is 589 g/mol. The number of carboxylic acids is 2. The van der Waals surface area contributed by atoms with Gasteiger partial charge in [0.15, 0.2) is 0 Å². The number of halogens is 3. The summed E-state index contributed by atoms with van der Waals surface area (Å²) in [7, 11) is 2.50. The summed E-state index contributed by atoms with van der Waals surface area (Å²) < 4.78 is 39.1. The van der Waals surface area contributed by atoms with E-state index >= 15 is 0 Å². The Morgan fingerprint density at radius 2 is 1.54 bits per heavy atom. The predicted octanol–water partition coefficient (Wildman–Crippen LogP) is 3.92. The van der Waals surface area contributed by atoms with Crippen LogP contribution in [-0.4, -0.2) is 84.8 Å². The van der Waals surface area contributed by atoms with Crippen molar-refractivity contribution in [1.82, 2.24) is 14.8 Å². The molecule has 41 heavy (non-hydrogen) atoms. The second kappa shape index (κ2) is 18.4. The van der Waals surface area contributed by atoms with E-state index in [1.165, 1.54) is 17.0 Å². The van der Waals surface area contributed by atoms with Crippen LogP contribution in [0.5, 0.6) is 0 Å². The first-order valence-corrected chi connectivity index (χ1v) is 12.1. The molecule has 0 saturated heterocycles. The molecule has 226 valence electrons. The van der Waals surface area contributed by atoms with Crippen LogP contribution in [0.2, 0.25) is 0 Å². The van der Waals surface area contributed by atoms with Gasteiger partial charge in [-0.25, -0.2) is 4.99 Å². The number of carboxylic acid groups (broad SMARTS) is 2. The van der Waals surface area contributed by atoms with E-state index in [1.54, 1.807) is 29.3 Å². The topological polar surface area (TPSA) is 149 Å². The zero-order valence-electron chi connectivity index (χ0n) is 22.6. The number of aliphatic hydroxyl groups excluding tert-OH is 1. The van der Waals surface area contributed by atoms with Gasteiger partial charge >= 0.3 is 35.2 Å². The van der Waals surface area contributed by atoms with E-state index in [9.17, 15) is 38.1 Å². The van der Waals surface area contributed by atoms with Gasteiger partial charge in [-0.3, -0.25) is 24.4 Å². The monoisotopic (exact) mass is 625 g/mol. The van der Waals surface area contributed by atoms with Gasteiger partial charge in [-0.05, 0) is 43.2 Å². The van der Waals surface area contributed by atoms with Gasteiger partial charge in [0.25, 0.3) is 0 Å². The fraction of sp³-hybridized carbons (Fsp3) is 0.407. The van der Waals surface area contributed by atoms with Crippen molar-refractivity contribution in [2.24, 2.45) is 4.99 Å². The molecule has 0 bridgehead atoms. The SMILES string of the molecule is O=C(O)CN(CC(O)=Nc1cccc(C(F)(F)F)c1)C1CCCC[C@@H]1N(CC(=O)O)Cc1ccccn1.[CH2-][OH2+].[CH3-].[Fe+4]. The van der Waals surface area contributed by atoms with Gasteiger partial charge in [-0.1, -0.05) is 32.1 Å². The summed E-state index contributed by atoms with van der Waals surface area (Å²) in [6, 6.07) is 8.67. The van der Waals surface area contributed by atoms with Gasteiger partial charge < -0.3 is 27.9 Å². The van der Waals surface area contributed by atoms with Crippen molar-refractivity contribution in [3.63, 3.8) is 0 Å². The number of hydrogen-bond acceptors (Lipinski definition) is 6. The molecule has 0 amide bonds. The number of aliphatic hydroxyl groups is 1. The third-order valence-electron chi connectivity index (χ3n) is 6.18. The van der Waals surface area contributed by atoms with Gasteiger partial charge in [-0.15, -0.1) is 0 Å². The Labute approximate surface area is 248 Å². The Hall–Kier alpha value is -3.03. The molecule has 1 saturated carbocycles. The summed E-state index contributed by atoms with van der Waals surface area (Å²) in [5.74, 6) is -2.75. The summed E-state index contributed by atoms with van der Waals surface area (Å²) in [6.07, 6.45) is -0.240. The van der Waals surface area contributed by atoms with Crippen molar-refractivity contribution >= 4 is 23.5 Å². The predicted molar refractivity (Wildman–Crippen MR) is 144 cm³/mol. The molecule has 2 aromatic rings. The van der Waals surface area contributed by atoms with Crippen molar-refractivity contribution < 1.29 is 60.3 Å². The number of aromatic nitrogens is 1. The fourth-order valence-electron chi connectivity index (χ4n) is 4.69. The second-order valence-corrected chi connectivity index (χ2v) is 8.91. The largest absolute Gasteiger partial charge is 4.00 e. The van der Waals surface area contributed by atoms with E-state index in [1.807, 2.05) is 0 Å². The van der Waals surface area contributed by atoms with Crippen LogP contribution in [0.25, 0.3) is 0 Å². The number of nitrogens with zero attached hydrogens (tertiary/aromatic N) is 4. The van der Waals surface area contributed by atoms with E-state index in [0.717, 1.165) is 25.0 Å². The zero-order valence-corrected chi connectivity index (χ0v) is 23.7. The van der Waals surface area contributed by atoms with E-state index in [0.29, 0.717) is 18.5 Å². The van der Waals surface area contributed by atoms with E-state index < -0.39 is 42.2 Å². The minimum Gasteiger partial charge on any atom is -0.593 e. The normalized spacial score (nSPS) is 17.1. The maximum Gasteiger partial charge on any atom is 4.00 e. The third-order valence-corrected chi connectivity index (χ3v) is 6.18. The Balaban J connectivity index is 0.00000391. The van der Waals surface area contributed by atoms with Gasteiger partial charge in [0.1, 0.15) is 0 Å². The smallest absolute Gasteiger partial charge is 0.593 e. The van der Waals surface area contributed by atoms with Crippen molar-refractivity contribution in [3.05, 3.63) is 74.5 Å². The van der Waals surface area contributed by atoms with Gasteiger partial charge in [0.05, 0.1) is 36.6 Å². The Bertz CT molecular complexity index is 1110. The minimum atomic E-state index is -4.58. The summed E-state index contributed by atoms with van der Waals surface area (Å²) >= 11 is 0. The van der Waals surface area contributed by atoms with Crippen molar-refractivity contribution in [2.75, 3.05) is 19.6 Å². The molecule has 3 rings (SSSR count). The standard InChI is InChI=1S/C25H29F3N4O5.CH4O.CH3.Fe/c26-25(27,28)17-6-5-8-18(12-17)30-22(33)14-32(16-24(36)37)21-10-2-1-9-20(21)31(15-23(34)35)13-19-7-3-4-11-29-19;1-2;;/h3-8,11-12,20-21H,1-2,9-10,13-16H2,(H,30,33)(H,34,35)(H,36,37);1-2H2;1H3;/q;;-1;+4/t20-,21?;;;/m0.../s1. The van der Waals surface area contributed by atoms with Crippen LogP contribution in [0.1, 0.15) is 36.9 Å². The Kier molecular flexibility index (Phi) is 17.1. The van der Waals surface area contributed by atoms with Crippen LogP contribution in [0.4, 0.5) is 18.9 Å². The molecule has 0 aliphatic heterocycles. The first-order valence-electron chi connectivity index (χ1n) is 12.1. The number of hydrogen-bond donors (Lipinski definition) is 3. The molecule has 0 spiro atoms. The number of carbonyl (C=O) groups is 2. The molecule has 1 aliphatic carbocycles. The Morgan fingerprint density at radius 1 is 0.951 bits per heavy atom. The van der Waals surface area contributed by atoms with Crippen LogP contribution in [0, 0.1) is 14.5 Å². The molecule has 1 unspecified atom stereocenters. The average Bonchev–Trinajstić information content (AvgIpc) is 2.89. The van der Waals surface area contributed by atoms with E-state index in [-0.39, 0.29) is 55.9 Å². The maximum atomic E-state index is 13.0. The van der Waals surface area contributed by atoms with Crippen molar-refractivity contribution in [2.45, 2.75) is 50.5 Å². The van der Waals surface area contributed by atoms with E-state index in [2.05, 4.69) is 17.1 Å². The Morgan fingerprint density at radius 3 is 2.07 bits per heavy atom. The fourth-order valence-corrected chi connectivity index (χ4v) is 4.69. The summed E-state index contributed by atoms with van der Waals surface area (Å²) in [5.41, 5.74) is -0.382. The van der Waals surface area contributed by atoms with Crippen LogP contribution < -0.4 is 0 Å². The molecule has 1 fully saturated rings. The molecule has 1 heterocycles. The van der Waals surface area contributed by atoms with Gasteiger partial charge in [0.2, 0.25) is 5.90 Å². The van der Waals surface area contributed by atoms with E-state index in [4.69, 9.17) is 5.11 Å². The molecule has 14 heteroatoms. The van der Waals surface area contributed by atoms with Crippen molar-refractivity contribution in [1.29, 1.82) is 0 Å². The maximum absolute atomic E-state index is 13.0. The average molecular weight is 625 g/mol. The molecule has 5 N–H and O–H groups in total. The van der Waals surface area contributed by atoms with Crippen molar-refractivity contribution in [3.8, 4) is 0 Å². The molecule has 1 aromatic carbocycles. The number of benzene rings is 1. The zero-order chi connectivity index (χ0) is 29.0. The quantitative estimate of drug-likeness (QED) is 0.112.